The first-order valence-electron chi connectivity index (χ1n) is 7.93. The lowest BCUT2D eigenvalue weighted by atomic mass is 9.80. The van der Waals surface area contributed by atoms with Crippen molar-refractivity contribution < 1.29 is 4.74 Å². The molecule has 0 aromatic carbocycles. The van der Waals surface area contributed by atoms with Crippen LogP contribution >= 0.6 is 0 Å². The van der Waals surface area contributed by atoms with Crippen molar-refractivity contribution in [3.63, 3.8) is 0 Å². The first kappa shape index (κ1) is 15.3. The molecule has 1 saturated carbocycles. The quantitative estimate of drug-likeness (QED) is 0.829. The predicted molar refractivity (Wildman–Crippen MR) is 80.5 cm³/mol. The summed E-state index contributed by atoms with van der Waals surface area (Å²) < 4.78 is 5.82. The van der Waals surface area contributed by atoms with E-state index in [1.54, 1.807) is 0 Å². The van der Waals surface area contributed by atoms with E-state index in [0.29, 0.717) is 5.41 Å². The molecular formula is C16H32N2O. The third-order valence-electron chi connectivity index (χ3n) is 4.68. The predicted octanol–water partition coefficient (Wildman–Crippen LogP) is 2.66. The van der Waals surface area contributed by atoms with Crippen LogP contribution in [0.25, 0.3) is 0 Å². The van der Waals surface area contributed by atoms with Crippen molar-refractivity contribution in [3.05, 3.63) is 0 Å². The summed E-state index contributed by atoms with van der Waals surface area (Å²) in [5, 5.41) is 3.71. The molecule has 19 heavy (non-hydrogen) atoms. The van der Waals surface area contributed by atoms with Crippen molar-refractivity contribution in [2.45, 2.75) is 64.5 Å². The summed E-state index contributed by atoms with van der Waals surface area (Å²) >= 11 is 0. The Kier molecular flexibility index (Phi) is 4.91. The fourth-order valence-electron chi connectivity index (χ4n) is 3.17. The monoisotopic (exact) mass is 268 g/mol. The smallest absolute Gasteiger partial charge is 0.0546 e. The van der Waals surface area contributed by atoms with E-state index < -0.39 is 0 Å². The Balaban J connectivity index is 1.93. The number of hydrogen-bond donors (Lipinski definition) is 1. The Bertz CT molecular complexity index is 275. The van der Waals surface area contributed by atoms with Gasteiger partial charge in [0.05, 0.1) is 6.61 Å². The van der Waals surface area contributed by atoms with E-state index in [2.05, 4.69) is 38.0 Å². The summed E-state index contributed by atoms with van der Waals surface area (Å²) in [6, 6.07) is 0.827. The van der Waals surface area contributed by atoms with Gasteiger partial charge in [-0.05, 0) is 53.5 Å². The maximum absolute atomic E-state index is 5.82. The summed E-state index contributed by atoms with van der Waals surface area (Å²) in [6.07, 6.45) is 6.70. The summed E-state index contributed by atoms with van der Waals surface area (Å²) in [5.41, 5.74) is 0.509. The number of rotatable bonds is 5. The first-order chi connectivity index (χ1) is 8.90. The van der Waals surface area contributed by atoms with Crippen LogP contribution in [-0.4, -0.2) is 49.8 Å². The van der Waals surface area contributed by atoms with Gasteiger partial charge in [0.15, 0.2) is 0 Å². The number of ether oxygens (including phenoxy) is 1. The van der Waals surface area contributed by atoms with E-state index in [1.165, 1.54) is 38.6 Å². The van der Waals surface area contributed by atoms with Gasteiger partial charge in [0, 0.05) is 36.7 Å². The molecule has 0 amide bonds. The van der Waals surface area contributed by atoms with E-state index in [1.807, 2.05) is 0 Å². The Hall–Kier alpha value is -0.120. The van der Waals surface area contributed by atoms with Crippen molar-refractivity contribution in [1.29, 1.82) is 0 Å². The highest BCUT2D eigenvalue weighted by Gasteiger charge is 2.37. The van der Waals surface area contributed by atoms with Gasteiger partial charge in [-0.1, -0.05) is 6.42 Å². The first-order valence-corrected chi connectivity index (χ1v) is 7.93. The number of nitrogens with zero attached hydrogens (tertiary/aromatic N) is 1. The summed E-state index contributed by atoms with van der Waals surface area (Å²) in [4.78, 5) is 2.59. The van der Waals surface area contributed by atoms with Crippen LogP contribution in [-0.2, 0) is 4.74 Å². The molecule has 1 unspecified atom stereocenters. The highest BCUT2D eigenvalue weighted by molar-refractivity contribution is 4.91. The second kappa shape index (κ2) is 6.11. The van der Waals surface area contributed by atoms with Gasteiger partial charge in [-0.15, -0.1) is 0 Å². The number of nitrogens with one attached hydrogen (secondary N) is 1. The molecule has 1 N–H and O–H groups in total. The van der Waals surface area contributed by atoms with Gasteiger partial charge in [-0.2, -0.15) is 0 Å². The SMILES string of the molecule is CN(CC1(CNC(C)(C)C)CCCOC1)C1CCC1. The molecule has 0 bridgehead atoms. The standard InChI is InChI=1S/C16H32N2O/c1-15(2,3)17-11-16(9-6-10-19-13-16)12-18(4)14-7-5-8-14/h14,17H,5-13H2,1-4H3. The Morgan fingerprint density at radius 2 is 2.00 bits per heavy atom. The molecule has 1 aliphatic heterocycles. The second-order valence-corrected chi connectivity index (χ2v) is 7.76. The van der Waals surface area contributed by atoms with Gasteiger partial charge in [0.1, 0.15) is 0 Å². The molecule has 3 heteroatoms. The Morgan fingerprint density at radius 3 is 2.47 bits per heavy atom. The zero-order chi connectivity index (χ0) is 13.9. The maximum atomic E-state index is 5.82. The molecule has 2 rings (SSSR count). The van der Waals surface area contributed by atoms with Crippen LogP contribution in [0.3, 0.4) is 0 Å². The van der Waals surface area contributed by atoms with E-state index in [4.69, 9.17) is 4.74 Å². The summed E-state index contributed by atoms with van der Waals surface area (Å²) in [6.45, 7) is 10.9. The van der Waals surface area contributed by atoms with E-state index >= 15 is 0 Å². The van der Waals surface area contributed by atoms with Crippen LogP contribution in [0.2, 0.25) is 0 Å². The van der Waals surface area contributed by atoms with Crippen LogP contribution < -0.4 is 5.32 Å². The van der Waals surface area contributed by atoms with Crippen molar-refractivity contribution in [2.75, 3.05) is 33.4 Å². The molecule has 0 radical (unpaired) electrons. The molecule has 0 aromatic rings. The van der Waals surface area contributed by atoms with Gasteiger partial charge >= 0.3 is 0 Å². The van der Waals surface area contributed by atoms with Gasteiger partial charge in [-0.3, -0.25) is 0 Å². The molecule has 1 aliphatic carbocycles. The molecule has 1 atom stereocenters. The van der Waals surface area contributed by atoms with Gasteiger partial charge in [-0.25, -0.2) is 0 Å². The second-order valence-electron chi connectivity index (χ2n) is 7.76. The lowest BCUT2D eigenvalue weighted by Gasteiger charge is -2.45. The highest BCUT2D eigenvalue weighted by Crippen LogP contribution is 2.32. The molecule has 0 spiro atoms. The maximum Gasteiger partial charge on any atom is 0.0546 e. The number of hydrogen-bond acceptors (Lipinski definition) is 3. The molecule has 2 fully saturated rings. The fourth-order valence-corrected chi connectivity index (χ4v) is 3.17. The van der Waals surface area contributed by atoms with Crippen LogP contribution in [0.15, 0.2) is 0 Å². The van der Waals surface area contributed by atoms with Crippen molar-refractivity contribution >= 4 is 0 Å². The molecule has 1 heterocycles. The van der Waals surface area contributed by atoms with Crippen molar-refractivity contribution in [1.82, 2.24) is 10.2 Å². The minimum atomic E-state index is 0.194. The molecule has 3 nitrogen and oxygen atoms in total. The van der Waals surface area contributed by atoms with Crippen LogP contribution in [0.4, 0.5) is 0 Å². The Labute approximate surface area is 119 Å². The van der Waals surface area contributed by atoms with E-state index in [-0.39, 0.29) is 5.54 Å². The summed E-state index contributed by atoms with van der Waals surface area (Å²) in [5.74, 6) is 0. The van der Waals surface area contributed by atoms with E-state index in [9.17, 15) is 0 Å². The lowest BCUT2D eigenvalue weighted by molar-refractivity contribution is -0.0360. The lowest BCUT2D eigenvalue weighted by Crippen LogP contribution is -2.54. The minimum absolute atomic E-state index is 0.194. The van der Waals surface area contributed by atoms with Gasteiger partial charge in [0.2, 0.25) is 0 Å². The highest BCUT2D eigenvalue weighted by atomic mass is 16.5. The molecule has 2 aliphatic rings. The molecule has 0 aromatic heterocycles. The average Bonchev–Trinajstić information content (AvgIpc) is 2.24. The third kappa shape index (κ3) is 4.44. The molecule has 112 valence electrons. The molecule has 1 saturated heterocycles. The Morgan fingerprint density at radius 1 is 1.26 bits per heavy atom. The fraction of sp³-hybridized carbons (Fsp3) is 1.00. The normalized spacial score (nSPS) is 29.5. The van der Waals surface area contributed by atoms with Crippen LogP contribution in [0.5, 0.6) is 0 Å². The minimum Gasteiger partial charge on any atom is -0.381 e. The average molecular weight is 268 g/mol. The van der Waals surface area contributed by atoms with Crippen molar-refractivity contribution in [2.24, 2.45) is 5.41 Å². The van der Waals surface area contributed by atoms with Gasteiger partial charge < -0.3 is 15.0 Å². The largest absolute Gasteiger partial charge is 0.381 e. The third-order valence-corrected chi connectivity index (χ3v) is 4.68. The van der Waals surface area contributed by atoms with Crippen molar-refractivity contribution in [3.8, 4) is 0 Å². The van der Waals surface area contributed by atoms with Crippen LogP contribution in [0, 0.1) is 5.41 Å². The summed E-state index contributed by atoms with van der Waals surface area (Å²) in [7, 11) is 2.30. The topological polar surface area (TPSA) is 24.5 Å². The zero-order valence-electron chi connectivity index (χ0n) is 13.3. The molecular weight excluding hydrogens is 236 g/mol. The van der Waals surface area contributed by atoms with Gasteiger partial charge in [0.25, 0.3) is 0 Å². The van der Waals surface area contributed by atoms with Crippen LogP contribution in [0.1, 0.15) is 52.9 Å². The zero-order valence-corrected chi connectivity index (χ0v) is 13.3. The van der Waals surface area contributed by atoms with E-state index in [0.717, 1.165) is 25.8 Å².